The highest BCUT2D eigenvalue weighted by Crippen LogP contribution is 2.32. The number of fused-ring (bicyclic) bond motifs is 1. The molecule has 2 aromatic heterocycles. The van der Waals surface area contributed by atoms with Gasteiger partial charge in [0.2, 0.25) is 5.95 Å². The van der Waals surface area contributed by atoms with Crippen LogP contribution in [-0.2, 0) is 0 Å². The van der Waals surface area contributed by atoms with Crippen LogP contribution in [0.15, 0.2) is 43.0 Å². The van der Waals surface area contributed by atoms with Crippen LogP contribution in [0.5, 0.6) is 0 Å². The van der Waals surface area contributed by atoms with Crippen molar-refractivity contribution in [2.24, 2.45) is 0 Å². The first-order valence-electron chi connectivity index (χ1n) is 9.59. The summed E-state index contributed by atoms with van der Waals surface area (Å²) in [5.74, 6) is 0.362. The maximum Gasteiger partial charge on any atom is 0.418 e. The average Bonchev–Trinajstić information content (AvgIpc) is 2.77. The summed E-state index contributed by atoms with van der Waals surface area (Å²) < 4.78 is 37.8. The molecule has 0 radical (unpaired) electrons. The first-order chi connectivity index (χ1) is 14.3. The maximum atomic E-state index is 12.6. The number of aromatic nitrogens is 4. The van der Waals surface area contributed by atoms with E-state index in [-0.39, 0.29) is 11.6 Å². The van der Waals surface area contributed by atoms with Crippen molar-refractivity contribution in [1.82, 2.24) is 24.8 Å². The van der Waals surface area contributed by atoms with Gasteiger partial charge in [-0.25, -0.2) is 9.97 Å². The summed E-state index contributed by atoms with van der Waals surface area (Å²) in [4.78, 5) is 21.0. The fourth-order valence-electron chi connectivity index (χ4n) is 3.58. The standard InChI is InChI=1S/C20H21F3N6O/c1-13(14-2-3-16-17(10-14)25-5-4-24-16)28-6-8-29(9-7-28)19-26-11-15(12-27-19)18(30)20(21,22)23/h2-5,10-13,18,30H,6-9H2,1H3. The van der Waals surface area contributed by atoms with E-state index in [1.165, 1.54) is 0 Å². The molecule has 2 unspecified atom stereocenters. The average molecular weight is 418 g/mol. The molecule has 0 spiro atoms. The Morgan fingerprint density at radius 2 is 1.53 bits per heavy atom. The van der Waals surface area contributed by atoms with Crippen molar-refractivity contribution < 1.29 is 18.3 Å². The molecule has 30 heavy (non-hydrogen) atoms. The highest BCUT2D eigenvalue weighted by molar-refractivity contribution is 5.74. The third-order valence-corrected chi connectivity index (χ3v) is 5.40. The van der Waals surface area contributed by atoms with Gasteiger partial charge >= 0.3 is 6.18 Å². The number of hydrogen-bond donors (Lipinski definition) is 1. The lowest BCUT2D eigenvalue weighted by Gasteiger charge is -2.38. The largest absolute Gasteiger partial charge is 0.418 e. The van der Waals surface area contributed by atoms with E-state index in [0.29, 0.717) is 19.0 Å². The Bertz CT molecular complexity index is 1010. The van der Waals surface area contributed by atoms with Gasteiger partial charge in [0.15, 0.2) is 6.10 Å². The Labute approximate surface area is 171 Å². The van der Waals surface area contributed by atoms with Crippen molar-refractivity contribution in [2.45, 2.75) is 25.2 Å². The minimum absolute atomic E-state index is 0.184. The normalized spacial score (nSPS) is 17.8. The number of alkyl halides is 3. The van der Waals surface area contributed by atoms with Crippen LogP contribution < -0.4 is 4.90 Å². The van der Waals surface area contributed by atoms with E-state index in [2.05, 4.69) is 37.8 Å². The molecule has 1 aromatic carbocycles. The van der Waals surface area contributed by atoms with Crippen molar-refractivity contribution in [1.29, 1.82) is 0 Å². The van der Waals surface area contributed by atoms with Gasteiger partial charge in [0.1, 0.15) is 0 Å². The highest BCUT2D eigenvalue weighted by atomic mass is 19.4. The number of aliphatic hydroxyl groups excluding tert-OH is 1. The van der Waals surface area contributed by atoms with Crippen LogP contribution in [0.25, 0.3) is 11.0 Å². The topological polar surface area (TPSA) is 78.3 Å². The highest BCUT2D eigenvalue weighted by Gasteiger charge is 2.39. The van der Waals surface area contributed by atoms with E-state index in [1.54, 1.807) is 12.4 Å². The van der Waals surface area contributed by atoms with E-state index in [1.807, 2.05) is 17.0 Å². The van der Waals surface area contributed by atoms with Gasteiger partial charge in [-0.1, -0.05) is 6.07 Å². The second-order valence-electron chi connectivity index (χ2n) is 7.26. The Balaban J connectivity index is 1.39. The molecule has 0 amide bonds. The van der Waals surface area contributed by atoms with Crippen LogP contribution >= 0.6 is 0 Å². The molecule has 4 rings (SSSR count). The Morgan fingerprint density at radius 3 is 2.17 bits per heavy atom. The summed E-state index contributed by atoms with van der Waals surface area (Å²) in [7, 11) is 0. The van der Waals surface area contributed by atoms with Gasteiger partial charge in [0.05, 0.1) is 11.0 Å². The van der Waals surface area contributed by atoms with E-state index in [0.717, 1.165) is 42.1 Å². The Hall–Kier alpha value is -2.85. The van der Waals surface area contributed by atoms with E-state index >= 15 is 0 Å². The number of halogens is 3. The van der Waals surface area contributed by atoms with Crippen LogP contribution in [0.3, 0.4) is 0 Å². The first kappa shape index (κ1) is 20.4. The second kappa shape index (κ2) is 8.11. The zero-order chi connectivity index (χ0) is 21.3. The molecule has 1 saturated heterocycles. The van der Waals surface area contributed by atoms with E-state index in [4.69, 9.17) is 0 Å². The molecule has 10 heteroatoms. The zero-order valence-electron chi connectivity index (χ0n) is 16.3. The van der Waals surface area contributed by atoms with Crippen molar-refractivity contribution in [3.05, 3.63) is 54.1 Å². The molecule has 7 nitrogen and oxygen atoms in total. The quantitative estimate of drug-likeness (QED) is 0.698. The zero-order valence-corrected chi connectivity index (χ0v) is 16.3. The predicted molar refractivity (Wildman–Crippen MR) is 105 cm³/mol. The number of rotatable bonds is 4. The molecule has 0 bridgehead atoms. The third kappa shape index (κ3) is 4.19. The summed E-state index contributed by atoms with van der Waals surface area (Å²) >= 11 is 0. The van der Waals surface area contributed by atoms with Gasteiger partial charge < -0.3 is 10.0 Å². The predicted octanol–water partition coefficient (Wildman–Crippen LogP) is 2.90. The molecule has 1 N–H and O–H groups in total. The number of hydrogen-bond acceptors (Lipinski definition) is 7. The molecule has 0 saturated carbocycles. The van der Waals surface area contributed by atoms with Gasteiger partial charge in [-0.2, -0.15) is 13.2 Å². The first-order valence-corrected chi connectivity index (χ1v) is 9.59. The summed E-state index contributed by atoms with van der Waals surface area (Å²) in [5, 5.41) is 9.29. The third-order valence-electron chi connectivity index (χ3n) is 5.40. The Morgan fingerprint density at radius 1 is 0.900 bits per heavy atom. The molecule has 2 atom stereocenters. The maximum absolute atomic E-state index is 12.6. The molecule has 1 aliphatic heterocycles. The summed E-state index contributed by atoms with van der Waals surface area (Å²) in [5.41, 5.74) is 2.50. The molecule has 0 aliphatic carbocycles. The lowest BCUT2D eigenvalue weighted by Crippen LogP contribution is -2.47. The van der Waals surface area contributed by atoms with E-state index in [9.17, 15) is 18.3 Å². The fraction of sp³-hybridized carbons (Fsp3) is 0.400. The van der Waals surface area contributed by atoms with Crippen molar-refractivity contribution in [2.75, 3.05) is 31.1 Å². The summed E-state index contributed by atoms with van der Waals surface area (Å²) in [6.45, 7) is 4.96. The van der Waals surface area contributed by atoms with Gasteiger partial charge in [0.25, 0.3) is 0 Å². The van der Waals surface area contributed by atoms with E-state index < -0.39 is 12.3 Å². The number of nitrogens with zero attached hydrogens (tertiary/aromatic N) is 6. The van der Waals surface area contributed by atoms with Crippen LogP contribution in [0, 0.1) is 0 Å². The van der Waals surface area contributed by atoms with Crippen LogP contribution in [0.1, 0.15) is 30.2 Å². The van der Waals surface area contributed by atoms with Gasteiger partial charge in [-0.15, -0.1) is 0 Å². The summed E-state index contributed by atoms with van der Waals surface area (Å²) in [6.07, 6.45) is -1.90. The van der Waals surface area contributed by atoms with Crippen molar-refractivity contribution in [3.8, 4) is 0 Å². The van der Waals surface area contributed by atoms with Crippen molar-refractivity contribution in [3.63, 3.8) is 0 Å². The molecule has 1 fully saturated rings. The summed E-state index contributed by atoms with van der Waals surface area (Å²) in [6, 6.07) is 6.26. The lowest BCUT2D eigenvalue weighted by molar-refractivity contribution is -0.206. The molecular weight excluding hydrogens is 397 g/mol. The molecule has 3 heterocycles. The lowest BCUT2D eigenvalue weighted by atomic mass is 10.1. The fourth-order valence-corrected chi connectivity index (χ4v) is 3.58. The van der Waals surface area contributed by atoms with Crippen LogP contribution in [-0.4, -0.2) is 62.3 Å². The molecule has 1 aliphatic rings. The number of piperazine rings is 1. The molecule has 158 valence electrons. The monoisotopic (exact) mass is 418 g/mol. The number of benzene rings is 1. The SMILES string of the molecule is CC(c1ccc2nccnc2c1)N1CCN(c2ncc(C(O)C(F)(F)F)cn2)CC1. The number of anilines is 1. The molecular formula is C20H21F3N6O. The number of aliphatic hydroxyl groups is 1. The smallest absolute Gasteiger partial charge is 0.379 e. The van der Waals surface area contributed by atoms with Crippen LogP contribution in [0.2, 0.25) is 0 Å². The molecule has 3 aromatic rings. The van der Waals surface area contributed by atoms with Gasteiger partial charge in [0, 0.05) is 62.6 Å². The minimum Gasteiger partial charge on any atom is -0.379 e. The van der Waals surface area contributed by atoms with Gasteiger partial charge in [-0.05, 0) is 24.6 Å². The van der Waals surface area contributed by atoms with Crippen molar-refractivity contribution >= 4 is 17.0 Å². The van der Waals surface area contributed by atoms with Crippen LogP contribution in [0.4, 0.5) is 19.1 Å². The minimum atomic E-state index is -4.74. The Kier molecular flexibility index (Phi) is 5.52. The second-order valence-corrected chi connectivity index (χ2v) is 7.26. The van der Waals surface area contributed by atoms with Gasteiger partial charge in [-0.3, -0.25) is 14.9 Å².